The molecule has 55 heavy (non-hydrogen) atoms. The molecule has 0 aliphatic heterocycles. The van der Waals surface area contributed by atoms with Gasteiger partial charge in [-0.25, -0.2) is 9.98 Å². The molecule has 0 spiro atoms. The van der Waals surface area contributed by atoms with Crippen LogP contribution in [0.4, 0.5) is 11.4 Å². The van der Waals surface area contributed by atoms with Gasteiger partial charge in [0.15, 0.2) is 9.34 Å². The van der Waals surface area contributed by atoms with Crippen molar-refractivity contribution in [3.63, 3.8) is 0 Å². The molecule has 276 valence electrons. The molecule has 0 saturated heterocycles. The molecule has 7 aromatic carbocycles. The molecule has 8 aromatic rings. The molecule has 0 saturated carbocycles. The van der Waals surface area contributed by atoms with Gasteiger partial charge >= 0.3 is 33.0 Å². The second kappa shape index (κ2) is 18.2. The van der Waals surface area contributed by atoms with Crippen LogP contribution in [-0.2, 0) is 12.7 Å². The maximum absolute atomic E-state index is 5.59. The number of nitrogens with zero attached hydrogens (tertiary/aromatic N) is 2. The third kappa shape index (κ3) is 8.35. The summed E-state index contributed by atoms with van der Waals surface area (Å²) in [5.74, 6) is 0. The van der Waals surface area contributed by atoms with Gasteiger partial charge in [-0.1, -0.05) is 183 Å². The molecule has 9 heteroatoms. The first kappa shape index (κ1) is 39.1. The second-order valence-corrected chi connectivity index (χ2v) is 24.9. The standard InChI is InChI=1S/C46H38N2S2Si2.2ClH.Ni/c1-51(35-21-7-3-8-22-35,36-23-9-4-10-24-36)43-33-19-15-29-39(43)47-45-46(50-42-32-18-17-31-41(42)49-45)48-40-30-16-20-34-44(40)52(2,37-25-11-5-12-26-37)38-27-13-6-14-28-38;;;/h3-34H,1-2H3;2*1H;/q;;;+2/p-2. The Kier molecular flexibility index (Phi) is 12.9. The van der Waals surface area contributed by atoms with Crippen LogP contribution in [-0.4, -0.2) is 16.1 Å². The van der Waals surface area contributed by atoms with E-state index in [1.165, 1.54) is 40.5 Å². The SMILES string of the molecule is C[Si](c1ccccc1)(c1ccccc1)c1ccccc1N=c1sc2ccccc2sc1=Nc1ccccc1[Si](C)(c1ccccc1)c1ccccc1.[Cl][Ni][Cl]. The van der Waals surface area contributed by atoms with Crippen LogP contribution in [0.5, 0.6) is 0 Å². The van der Waals surface area contributed by atoms with Crippen molar-refractivity contribution in [3.05, 3.63) is 203 Å². The van der Waals surface area contributed by atoms with E-state index in [-0.39, 0.29) is 0 Å². The van der Waals surface area contributed by atoms with E-state index in [1.807, 2.05) is 0 Å². The topological polar surface area (TPSA) is 24.7 Å². The summed E-state index contributed by atoms with van der Waals surface area (Å²) in [4.78, 5) is 11.2. The zero-order valence-electron chi connectivity index (χ0n) is 30.3. The van der Waals surface area contributed by atoms with Crippen LogP contribution in [0.2, 0.25) is 13.1 Å². The predicted octanol–water partition coefficient (Wildman–Crippen LogP) is 9.00. The van der Waals surface area contributed by atoms with Crippen LogP contribution in [0.15, 0.2) is 204 Å². The zero-order valence-corrected chi connectivity index (χ0v) is 36.4. The van der Waals surface area contributed by atoms with Crippen molar-refractivity contribution in [2.45, 2.75) is 13.1 Å². The summed E-state index contributed by atoms with van der Waals surface area (Å²) in [6.45, 7) is 4.91. The van der Waals surface area contributed by atoms with Crippen molar-refractivity contribution < 1.29 is 12.7 Å². The average molecular weight is 869 g/mol. The van der Waals surface area contributed by atoms with E-state index in [1.54, 1.807) is 22.7 Å². The number of fused-ring (bicyclic) bond motifs is 1. The van der Waals surface area contributed by atoms with E-state index in [0.717, 1.165) is 20.7 Å². The summed E-state index contributed by atoms with van der Waals surface area (Å²) >= 11 is 4.01. The van der Waals surface area contributed by atoms with Crippen molar-refractivity contribution in [1.29, 1.82) is 0 Å². The fourth-order valence-electron chi connectivity index (χ4n) is 7.30. The molecule has 0 aliphatic rings. The minimum absolute atomic E-state index is 0.569. The first-order valence-electron chi connectivity index (χ1n) is 17.8. The van der Waals surface area contributed by atoms with E-state index >= 15 is 0 Å². The van der Waals surface area contributed by atoms with Crippen LogP contribution in [0, 0.1) is 0 Å². The van der Waals surface area contributed by atoms with Gasteiger partial charge in [0.05, 0.1) is 11.4 Å². The molecular formula is C46H38Cl2N2NiS2Si2. The molecule has 0 radical (unpaired) electrons. The Labute approximate surface area is 347 Å². The monoisotopic (exact) mass is 866 g/mol. The Hall–Kier alpha value is -4.17. The Morgan fingerprint density at radius 1 is 0.382 bits per heavy atom. The van der Waals surface area contributed by atoms with Gasteiger partial charge in [-0.05, 0) is 55.4 Å². The first-order chi connectivity index (χ1) is 27.0. The molecule has 0 bridgehead atoms. The molecule has 0 N–H and O–H groups in total. The quantitative estimate of drug-likeness (QED) is 0.108. The number of rotatable bonds is 8. The van der Waals surface area contributed by atoms with Gasteiger partial charge in [-0.2, -0.15) is 0 Å². The number of hydrogen-bond acceptors (Lipinski definition) is 4. The summed E-state index contributed by atoms with van der Waals surface area (Å²) in [5, 5.41) is 8.02. The van der Waals surface area contributed by atoms with Gasteiger partial charge in [-0.3, -0.25) is 0 Å². The van der Waals surface area contributed by atoms with Crippen LogP contribution < -0.4 is 40.5 Å². The summed E-state index contributed by atoms with van der Waals surface area (Å²) in [6.07, 6.45) is 0. The molecule has 0 fully saturated rings. The van der Waals surface area contributed by atoms with Crippen molar-refractivity contribution in [3.8, 4) is 0 Å². The first-order valence-corrected chi connectivity index (χ1v) is 27.2. The Bertz CT molecular complexity index is 2380. The normalized spacial score (nSPS) is 12.4. The Morgan fingerprint density at radius 3 is 0.945 bits per heavy atom. The van der Waals surface area contributed by atoms with Crippen molar-refractivity contribution in [1.82, 2.24) is 0 Å². The molecule has 1 aromatic heterocycles. The van der Waals surface area contributed by atoms with Crippen LogP contribution in [0.25, 0.3) is 9.40 Å². The van der Waals surface area contributed by atoms with Crippen molar-refractivity contribution >= 4 is 111 Å². The third-order valence-corrected chi connectivity index (χ3v) is 21.5. The molecule has 0 atom stereocenters. The molecule has 0 amide bonds. The van der Waals surface area contributed by atoms with Crippen LogP contribution in [0.1, 0.15) is 0 Å². The second-order valence-electron chi connectivity index (χ2n) is 13.3. The van der Waals surface area contributed by atoms with Gasteiger partial charge in [0.1, 0.15) is 16.1 Å². The Balaban J connectivity index is 0.00000150. The maximum atomic E-state index is 5.59. The fraction of sp³-hybridized carbons (Fsp3) is 0.0435. The summed E-state index contributed by atoms with van der Waals surface area (Å²) in [7, 11) is 4.52. The zero-order chi connectivity index (χ0) is 38.1. The van der Waals surface area contributed by atoms with Gasteiger partial charge in [0, 0.05) is 9.40 Å². The van der Waals surface area contributed by atoms with Gasteiger partial charge < -0.3 is 0 Å². The third-order valence-electron chi connectivity index (χ3n) is 10.2. The summed E-state index contributed by atoms with van der Waals surface area (Å²) in [5.41, 5.74) is 2.00. The fourth-order valence-corrected chi connectivity index (χ4v) is 16.9. The Morgan fingerprint density at radius 2 is 0.636 bits per heavy atom. The predicted molar refractivity (Wildman–Crippen MR) is 242 cm³/mol. The summed E-state index contributed by atoms with van der Waals surface area (Å²) in [6, 6.07) is 70.1. The molecule has 1 heterocycles. The molecule has 0 unspecified atom stereocenters. The molecule has 2 nitrogen and oxygen atoms in total. The van der Waals surface area contributed by atoms with Gasteiger partial charge in [-0.15, -0.1) is 22.7 Å². The minimum atomic E-state index is -2.44. The van der Waals surface area contributed by atoms with Crippen LogP contribution >= 0.6 is 43.1 Å². The van der Waals surface area contributed by atoms with E-state index < -0.39 is 16.1 Å². The van der Waals surface area contributed by atoms with E-state index in [4.69, 9.17) is 30.4 Å². The van der Waals surface area contributed by atoms with Gasteiger partial charge in [0.2, 0.25) is 0 Å². The van der Waals surface area contributed by atoms with Crippen molar-refractivity contribution in [2.24, 2.45) is 9.98 Å². The van der Waals surface area contributed by atoms with E-state index in [9.17, 15) is 0 Å². The number of benzene rings is 7. The molecular weight excluding hydrogens is 830 g/mol. The average Bonchev–Trinajstić information content (AvgIpc) is 3.25. The number of halogens is 2. The van der Waals surface area contributed by atoms with E-state index in [2.05, 4.69) is 207 Å². The van der Waals surface area contributed by atoms with E-state index in [0.29, 0.717) is 12.7 Å². The number of para-hydroxylation sites is 2. The van der Waals surface area contributed by atoms with Crippen LogP contribution in [0.3, 0.4) is 0 Å². The number of hydrogen-bond donors (Lipinski definition) is 0. The molecule has 0 aliphatic carbocycles. The van der Waals surface area contributed by atoms with Crippen molar-refractivity contribution in [2.75, 3.05) is 0 Å². The van der Waals surface area contributed by atoms with Gasteiger partial charge in [0.25, 0.3) is 0 Å². The summed E-state index contributed by atoms with van der Waals surface area (Å²) < 4.78 is 4.25. The molecule has 8 rings (SSSR count).